The van der Waals surface area contributed by atoms with Gasteiger partial charge in [-0.05, 0) is 18.2 Å². The van der Waals surface area contributed by atoms with Crippen LogP contribution in [-0.2, 0) is 4.74 Å². The van der Waals surface area contributed by atoms with E-state index in [1.165, 1.54) is 12.3 Å². The molecule has 4 unspecified atom stereocenters. The third kappa shape index (κ3) is 3.44. The molecule has 0 aliphatic carbocycles. The van der Waals surface area contributed by atoms with E-state index in [-0.39, 0.29) is 5.82 Å². The number of rotatable bonds is 4. The fourth-order valence-corrected chi connectivity index (χ4v) is 2.56. The molecule has 1 fully saturated rings. The quantitative estimate of drug-likeness (QED) is 0.563. The van der Waals surface area contributed by atoms with Gasteiger partial charge in [0.05, 0.1) is 6.61 Å². The van der Waals surface area contributed by atoms with Crippen LogP contribution in [0.15, 0.2) is 47.4 Å². The second kappa shape index (κ2) is 7.11. The first-order valence-electron chi connectivity index (χ1n) is 7.59. The van der Waals surface area contributed by atoms with Gasteiger partial charge in [0.2, 0.25) is 0 Å². The Morgan fingerprint density at radius 3 is 2.52 bits per heavy atom. The molecule has 2 heterocycles. The van der Waals surface area contributed by atoms with Gasteiger partial charge in [-0.25, -0.2) is 4.79 Å². The summed E-state index contributed by atoms with van der Waals surface area (Å²) in [5.41, 5.74) is -0.363. The average Bonchev–Trinajstić information content (AvgIpc) is 2.91. The van der Waals surface area contributed by atoms with Crippen LogP contribution in [0.1, 0.15) is 16.6 Å². The fourth-order valence-electron chi connectivity index (χ4n) is 2.56. The van der Waals surface area contributed by atoms with Gasteiger partial charge in [-0.3, -0.25) is 9.36 Å². The molecule has 0 bridgehead atoms. The number of aliphatic hydroxyl groups is 3. The van der Waals surface area contributed by atoms with E-state index in [2.05, 4.69) is 10.3 Å². The second-order valence-corrected chi connectivity index (χ2v) is 5.55. The number of carbonyl (C=O) groups is 1. The van der Waals surface area contributed by atoms with E-state index in [0.717, 1.165) is 4.57 Å². The van der Waals surface area contributed by atoms with Gasteiger partial charge >= 0.3 is 5.69 Å². The summed E-state index contributed by atoms with van der Waals surface area (Å²) in [7, 11) is 0. The highest BCUT2D eigenvalue weighted by Gasteiger charge is 2.43. The molecule has 0 spiro atoms. The summed E-state index contributed by atoms with van der Waals surface area (Å²) < 4.78 is 6.27. The Bertz CT molecular complexity index is 809. The number of ether oxygens (including phenoxy) is 1. The number of amides is 1. The number of aliphatic hydroxyl groups excluding tert-OH is 3. The number of nitrogens with one attached hydrogen (secondary N) is 1. The Morgan fingerprint density at radius 2 is 1.92 bits per heavy atom. The third-order valence-corrected chi connectivity index (χ3v) is 3.90. The van der Waals surface area contributed by atoms with Crippen LogP contribution in [0.2, 0.25) is 0 Å². The van der Waals surface area contributed by atoms with Crippen molar-refractivity contribution < 1.29 is 24.9 Å². The number of benzene rings is 1. The van der Waals surface area contributed by atoms with Crippen molar-refractivity contribution in [3.63, 3.8) is 0 Å². The minimum Gasteiger partial charge on any atom is -0.394 e. The largest absolute Gasteiger partial charge is 0.394 e. The number of hydrogen-bond acceptors (Lipinski definition) is 7. The van der Waals surface area contributed by atoms with Gasteiger partial charge in [0, 0.05) is 11.8 Å². The first kappa shape index (κ1) is 17.2. The number of hydrogen-bond donors (Lipinski definition) is 4. The SMILES string of the molecule is O=C(Nc1ccn(C2OC(CO)C(O)C2O)c(=O)n1)c1ccccc1. The van der Waals surface area contributed by atoms with Crippen LogP contribution in [0.3, 0.4) is 0 Å². The first-order chi connectivity index (χ1) is 12.0. The van der Waals surface area contributed by atoms with Crippen molar-refractivity contribution in [2.24, 2.45) is 0 Å². The molecule has 132 valence electrons. The minimum atomic E-state index is -1.39. The van der Waals surface area contributed by atoms with Crippen molar-refractivity contribution in [1.82, 2.24) is 9.55 Å². The summed E-state index contributed by atoms with van der Waals surface area (Å²) in [5, 5.41) is 31.3. The summed E-state index contributed by atoms with van der Waals surface area (Å²) >= 11 is 0. The highest BCUT2D eigenvalue weighted by Crippen LogP contribution is 2.28. The molecule has 25 heavy (non-hydrogen) atoms. The van der Waals surface area contributed by atoms with E-state index in [9.17, 15) is 19.8 Å². The molecule has 1 aliphatic rings. The van der Waals surface area contributed by atoms with Gasteiger partial charge in [-0.1, -0.05) is 18.2 Å². The number of aromatic nitrogens is 2. The Hall–Kier alpha value is -2.59. The maximum Gasteiger partial charge on any atom is 0.351 e. The van der Waals surface area contributed by atoms with Crippen LogP contribution in [0.5, 0.6) is 0 Å². The van der Waals surface area contributed by atoms with Crippen LogP contribution >= 0.6 is 0 Å². The fraction of sp³-hybridized carbons (Fsp3) is 0.312. The second-order valence-electron chi connectivity index (χ2n) is 5.55. The highest BCUT2D eigenvalue weighted by molar-refractivity contribution is 6.03. The van der Waals surface area contributed by atoms with E-state index in [0.29, 0.717) is 5.56 Å². The first-order valence-corrected chi connectivity index (χ1v) is 7.59. The monoisotopic (exact) mass is 347 g/mol. The summed E-state index contributed by atoms with van der Waals surface area (Å²) in [6, 6.07) is 9.81. The van der Waals surface area contributed by atoms with Crippen LogP contribution in [0, 0.1) is 0 Å². The zero-order valence-corrected chi connectivity index (χ0v) is 13.0. The minimum absolute atomic E-state index is 0.0434. The summed E-state index contributed by atoms with van der Waals surface area (Å²) in [6.45, 7) is -0.498. The Kier molecular flexibility index (Phi) is 4.91. The lowest BCUT2D eigenvalue weighted by molar-refractivity contribution is -0.0549. The smallest absolute Gasteiger partial charge is 0.351 e. The van der Waals surface area contributed by atoms with Gasteiger partial charge < -0.3 is 25.4 Å². The van der Waals surface area contributed by atoms with Crippen LogP contribution < -0.4 is 11.0 Å². The molecule has 1 saturated heterocycles. The van der Waals surface area contributed by atoms with E-state index in [4.69, 9.17) is 9.84 Å². The topological polar surface area (TPSA) is 134 Å². The van der Waals surface area contributed by atoms with E-state index < -0.39 is 42.7 Å². The molecule has 4 atom stereocenters. The van der Waals surface area contributed by atoms with Crippen molar-refractivity contribution in [2.75, 3.05) is 11.9 Å². The Labute approximate surface area is 142 Å². The normalized spacial score (nSPS) is 25.7. The molecule has 0 radical (unpaired) electrons. The summed E-state index contributed by atoms with van der Waals surface area (Å²) in [6.07, 6.45) is -3.59. The van der Waals surface area contributed by atoms with Crippen molar-refractivity contribution in [3.05, 3.63) is 58.6 Å². The van der Waals surface area contributed by atoms with Crippen LogP contribution in [-0.4, -0.2) is 55.7 Å². The Morgan fingerprint density at radius 1 is 1.20 bits per heavy atom. The number of nitrogens with zero attached hydrogens (tertiary/aromatic N) is 2. The lowest BCUT2D eigenvalue weighted by Crippen LogP contribution is -2.36. The number of carbonyl (C=O) groups excluding carboxylic acids is 1. The zero-order chi connectivity index (χ0) is 18.0. The van der Waals surface area contributed by atoms with Gasteiger partial charge in [-0.15, -0.1) is 0 Å². The van der Waals surface area contributed by atoms with Crippen molar-refractivity contribution in [1.29, 1.82) is 0 Å². The molecule has 2 aromatic rings. The molecular formula is C16H17N3O6. The predicted molar refractivity (Wildman–Crippen MR) is 85.9 cm³/mol. The Balaban J connectivity index is 1.78. The van der Waals surface area contributed by atoms with Crippen molar-refractivity contribution >= 4 is 11.7 Å². The molecule has 4 N–H and O–H groups in total. The molecule has 3 rings (SSSR count). The summed E-state index contributed by atoms with van der Waals surface area (Å²) in [4.78, 5) is 27.9. The third-order valence-electron chi connectivity index (χ3n) is 3.90. The van der Waals surface area contributed by atoms with Crippen molar-refractivity contribution in [3.8, 4) is 0 Å². The van der Waals surface area contributed by atoms with Gasteiger partial charge in [0.15, 0.2) is 6.23 Å². The summed E-state index contributed by atoms with van der Waals surface area (Å²) in [5.74, 6) is -0.375. The van der Waals surface area contributed by atoms with E-state index in [1.54, 1.807) is 30.3 Å². The maximum absolute atomic E-state index is 12.2. The van der Waals surface area contributed by atoms with Crippen LogP contribution in [0.25, 0.3) is 0 Å². The molecular weight excluding hydrogens is 330 g/mol. The van der Waals surface area contributed by atoms with E-state index >= 15 is 0 Å². The maximum atomic E-state index is 12.2. The molecule has 9 nitrogen and oxygen atoms in total. The molecule has 1 aromatic heterocycles. The molecule has 1 aliphatic heterocycles. The lowest BCUT2D eigenvalue weighted by Gasteiger charge is -2.17. The number of anilines is 1. The lowest BCUT2D eigenvalue weighted by atomic mass is 10.1. The van der Waals surface area contributed by atoms with E-state index in [1.807, 2.05) is 0 Å². The predicted octanol–water partition coefficient (Wildman–Crippen LogP) is -0.893. The van der Waals surface area contributed by atoms with Crippen molar-refractivity contribution in [2.45, 2.75) is 24.5 Å². The average molecular weight is 347 g/mol. The molecule has 0 saturated carbocycles. The van der Waals surface area contributed by atoms with Gasteiger partial charge in [0.1, 0.15) is 24.1 Å². The highest BCUT2D eigenvalue weighted by atomic mass is 16.6. The van der Waals surface area contributed by atoms with Gasteiger partial charge in [-0.2, -0.15) is 4.98 Å². The standard InChI is InChI=1S/C16H17N3O6/c20-8-10-12(21)13(22)15(25-10)19-7-6-11(18-16(19)24)17-14(23)9-4-2-1-3-5-9/h1-7,10,12-13,15,20-22H,8H2,(H,17,18,23,24). The molecule has 1 amide bonds. The van der Waals surface area contributed by atoms with Crippen LogP contribution in [0.4, 0.5) is 5.82 Å². The molecule has 1 aromatic carbocycles. The van der Waals surface area contributed by atoms with Gasteiger partial charge in [0.25, 0.3) is 5.91 Å². The zero-order valence-electron chi connectivity index (χ0n) is 13.0. The molecule has 9 heteroatoms.